The van der Waals surface area contributed by atoms with Crippen molar-refractivity contribution in [3.63, 3.8) is 0 Å². The number of carbonyl (C=O) groups is 1. The Bertz CT molecular complexity index is 582. The molecular weight excluding hydrogens is 256 g/mol. The van der Waals surface area contributed by atoms with Crippen LogP contribution in [-0.2, 0) is 16.1 Å². The van der Waals surface area contributed by atoms with Gasteiger partial charge in [-0.2, -0.15) is 0 Å². The highest BCUT2D eigenvalue weighted by atomic mass is 35.5. The molecule has 0 aliphatic rings. The second kappa shape index (κ2) is 5.24. The number of nitrogens with two attached hydrogens (primary N) is 2. The van der Waals surface area contributed by atoms with Crippen LogP contribution in [0.5, 0.6) is 0 Å². The fourth-order valence-electron chi connectivity index (χ4n) is 1.71. The summed E-state index contributed by atoms with van der Waals surface area (Å²) in [5, 5.41) is 0.576. The first-order valence-corrected chi connectivity index (χ1v) is 5.73. The summed E-state index contributed by atoms with van der Waals surface area (Å²) in [6.45, 7) is 0.656. The molecule has 2 rings (SSSR count). The molecule has 6 nitrogen and oxygen atoms in total. The van der Waals surface area contributed by atoms with Crippen molar-refractivity contribution < 1.29 is 9.53 Å². The molecule has 0 bridgehead atoms. The van der Waals surface area contributed by atoms with Crippen molar-refractivity contribution in [3.05, 3.63) is 23.2 Å². The zero-order valence-electron chi connectivity index (χ0n) is 9.60. The van der Waals surface area contributed by atoms with Crippen molar-refractivity contribution in [1.82, 2.24) is 9.55 Å². The van der Waals surface area contributed by atoms with Crippen LogP contribution in [0, 0.1) is 0 Å². The first-order valence-electron chi connectivity index (χ1n) is 5.36. The number of aromatic nitrogens is 2. The predicted octanol–water partition coefficient (Wildman–Crippen LogP) is 0.774. The van der Waals surface area contributed by atoms with E-state index in [-0.39, 0.29) is 6.61 Å². The maximum absolute atomic E-state index is 10.5. The number of imidazole rings is 1. The van der Waals surface area contributed by atoms with Crippen LogP contribution < -0.4 is 11.5 Å². The van der Waals surface area contributed by atoms with Gasteiger partial charge >= 0.3 is 0 Å². The van der Waals surface area contributed by atoms with Crippen LogP contribution in [0.3, 0.4) is 0 Å². The molecule has 1 aromatic heterocycles. The van der Waals surface area contributed by atoms with E-state index in [1.165, 1.54) is 0 Å². The van der Waals surface area contributed by atoms with Gasteiger partial charge in [0, 0.05) is 6.54 Å². The quantitative estimate of drug-likeness (QED) is 0.783. The summed E-state index contributed by atoms with van der Waals surface area (Å²) < 4.78 is 6.84. The third-order valence-electron chi connectivity index (χ3n) is 2.45. The molecule has 0 atom stereocenters. The van der Waals surface area contributed by atoms with Crippen molar-refractivity contribution >= 4 is 34.5 Å². The van der Waals surface area contributed by atoms with Gasteiger partial charge in [0.05, 0.1) is 22.7 Å². The van der Waals surface area contributed by atoms with E-state index in [4.69, 9.17) is 27.8 Å². The Morgan fingerprint density at radius 3 is 3.00 bits per heavy atom. The van der Waals surface area contributed by atoms with E-state index in [0.29, 0.717) is 24.1 Å². The van der Waals surface area contributed by atoms with Crippen LogP contribution in [0.4, 0.5) is 5.95 Å². The maximum atomic E-state index is 10.5. The van der Waals surface area contributed by atoms with Gasteiger partial charge in [-0.25, -0.2) is 4.98 Å². The third kappa shape index (κ3) is 2.55. The molecule has 0 saturated heterocycles. The van der Waals surface area contributed by atoms with Crippen LogP contribution in [0.1, 0.15) is 0 Å². The van der Waals surface area contributed by atoms with E-state index >= 15 is 0 Å². The average Bonchev–Trinajstić information content (AvgIpc) is 2.62. The summed E-state index contributed by atoms with van der Waals surface area (Å²) in [4.78, 5) is 14.7. The molecule has 7 heteroatoms. The summed E-state index contributed by atoms with van der Waals surface area (Å²) in [5.41, 5.74) is 12.3. The lowest BCUT2D eigenvalue weighted by atomic mass is 10.3. The molecule has 0 spiro atoms. The van der Waals surface area contributed by atoms with E-state index in [9.17, 15) is 4.79 Å². The summed E-state index contributed by atoms with van der Waals surface area (Å²) >= 11 is 6.11. The van der Waals surface area contributed by atoms with E-state index in [0.717, 1.165) is 11.0 Å². The number of primary amides is 1. The summed E-state index contributed by atoms with van der Waals surface area (Å²) in [7, 11) is 0. The van der Waals surface area contributed by atoms with Gasteiger partial charge in [0.15, 0.2) is 0 Å². The highest BCUT2D eigenvalue weighted by Gasteiger charge is 2.10. The number of hydrogen-bond acceptors (Lipinski definition) is 4. The summed E-state index contributed by atoms with van der Waals surface area (Å²) in [6, 6.07) is 5.41. The molecule has 0 aliphatic heterocycles. The number of carbonyl (C=O) groups excluding carboxylic acids is 1. The number of fused-ring (bicyclic) bond motifs is 1. The second-order valence-corrected chi connectivity index (χ2v) is 4.16. The minimum Gasteiger partial charge on any atom is -0.370 e. The van der Waals surface area contributed by atoms with Gasteiger partial charge in [-0.1, -0.05) is 17.7 Å². The molecule has 1 amide bonds. The lowest BCUT2D eigenvalue weighted by Gasteiger charge is -2.07. The molecule has 1 heterocycles. The number of halogens is 1. The highest BCUT2D eigenvalue weighted by Crippen LogP contribution is 2.25. The van der Waals surface area contributed by atoms with Crippen LogP contribution in [-0.4, -0.2) is 28.7 Å². The van der Waals surface area contributed by atoms with Gasteiger partial charge in [-0.3, -0.25) is 4.79 Å². The van der Waals surface area contributed by atoms with Crippen LogP contribution in [0.25, 0.3) is 11.0 Å². The number of nitrogen functional groups attached to an aromatic ring is 1. The first kappa shape index (κ1) is 12.7. The van der Waals surface area contributed by atoms with Crippen molar-refractivity contribution in [1.29, 1.82) is 0 Å². The number of hydrogen-bond donors (Lipinski definition) is 2. The smallest absolute Gasteiger partial charge is 0.243 e. The number of para-hydroxylation sites is 1. The number of ether oxygens (including phenoxy) is 1. The lowest BCUT2D eigenvalue weighted by molar-refractivity contribution is -0.122. The van der Waals surface area contributed by atoms with Crippen molar-refractivity contribution in [2.45, 2.75) is 6.54 Å². The predicted molar refractivity (Wildman–Crippen MR) is 69.2 cm³/mol. The van der Waals surface area contributed by atoms with E-state index in [1.807, 2.05) is 12.1 Å². The Morgan fingerprint density at radius 2 is 2.28 bits per heavy atom. The Balaban J connectivity index is 2.17. The van der Waals surface area contributed by atoms with E-state index in [1.54, 1.807) is 10.6 Å². The molecule has 2 aromatic rings. The zero-order chi connectivity index (χ0) is 13.1. The van der Waals surface area contributed by atoms with Crippen LogP contribution in [0.2, 0.25) is 5.02 Å². The third-order valence-corrected chi connectivity index (χ3v) is 2.76. The molecule has 18 heavy (non-hydrogen) atoms. The molecule has 0 unspecified atom stereocenters. The normalized spacial score (nSPS) is 10.9. The number of nitrogens with zero attached hydrogens (tertiary/aromatic N) is 2. The number of amides is 1. The zero-order valence-corrected chi connectivity index (χ0v) is 10.4. The molecule has 1 aromatic carbocycles. The SMILES string of the molecule is NC(=O)COCCn1c(N)nc2cccc(Cl)c21. The van der Waals surface area contributed by atoms with Gasteiger partial charge in [-0.15, -0.1) is 0 Å². The molecule has 0 fully saturated rings. The molecule has 0 radical (unpaired) electrons. The van der Waals surface area contributed by atoms with Crippen molar-refractivity contribution in [2.75, 3.05) is 18.9 Å². The standard InChI is InChI=1S/C11H13ClN4O2/c12-7-2-1-3-8-10(7)16(11(14)15-8)4-5-18-6-9(13)17/h1-3H,4-6H2,(H2,13,17)(H2,14,15). The average molecular weight is 269 g/mol. The number of anilines is 1. The molecule has 4 N–H and O–H groups in total. The molecule has 0 aliphatic carbocycles. The van der Waals surface area contributed by atoms with Gasteiger partial charge in [0.2, 0.25) is 11.9 Å². The minimum absolute atomic E-state index is 0.111. The fraction of sp³-hybridized carbons (Fsp3) is 0.273. The van der Waals surface area contributed by atoms with Crippen LogP contribution in [0.15, 0.2) is 18.2 Å². The van der Waals surface area contributed by atoms with Gasteiger partial charge in [-0.05, 0) is 12.1 Å². The Hall–Kier alpha value is -1.79. The monoisotopic (exact) mass is 268 g/mol. The van der Waals surface area contributed by atoms with Gasteiger partial charge in [0.1, 0.15) is 6.61 Å². The fourth-order valence-corrected chi connectivity index (χ4v) is 1.99. The summed E-state index contributed by atoms with van der Waals surface area (Å²) in [5.74, 6) is -0.141. The topological polar surface area (TPSA) is 96.2 Å². The van der Waals surface area contributed by atoms with E-state index in [2.05, 4.69) is 4.98 Å². The van der Waals surface area contributed by atoms with Crippen LogP contribution >= 0.6 is 11.6 Å². The van der Waals surface area contributed by atoms with Gasteiger partial charge < -0.3 is 20.8 Å². The molecular formula is C11H13ClN4O2. The molecule has 96 valence electrons. The maximum Gasteiger partial charge on any atom is 0.243 e. The second-order valence-electron chi connectivity index (χ2n) is 3.75. The number of benzene rings is 1. The molecule has 0 saturated carbocycles. The lowest BCUT2D eigenvalue weighted by Crippen LogP contribution is -2.20. The number of rotatable bonds is 5. The highest BCUT2D eigenvalue weighted by molar-refractivity contribution is 6.35. The van der Waals surface area contributed by atoms with E-state index < -0.39 is 5.91 Å². The minimum atomic E-state index is -0.503. The Morgan fingerprint density at radius 1 is 1.50 bits per heavy atom. The van der Waals surface area contributed by atoms with Gasteiger partial charge in [0.25, 0.3) is 0 Å². The largest absolute Gasteiger partial charge is 0.370 e. The Kier molecular flexibility index (Phi) is 3.69. The summed E-state index contributed by atoms with van der Waals surface area (Å²) in [6.07, 6.45) is 0. The Labute approximate surface area is 108 Å². The van der Waals surface area contributed by atoms with Crippen molar-refractivity contribution in [3.8, 4) is 0 Å². The first-order chi connectivity index (χ1) is 8.59. The van der Waals surface area contributed by atoms with Crippen molar-refractivity contribution in [2.24, 2.45) is 5.73 Å².